The van der Waals surface area contributed by atoms with Gasteiger partial charge in [0.2, 0.25) is 0 Å². The molecule has 3 aromatic rings. The Morgan fingerprint density at radius 3 is 2.48 bits per heavy atom. The van der Waals surface area contributed by atoms with Gasteiger partial charge < -0.3 is 15.2 Å². The minimum absolute atomic E-state index is 0.0787. The van der Waals surface area contributed by atoms with Crippen molar-refractivity contribution in [1.29, 1.82) is 0 Å². The number of amides is 2. The van der Waals surface area contributed by atoms with Gasteiger partial charge in [0.15, 0.2) is 5.82 Å². The van der Waals surface area contributed by atoms with Crippen LogP contribution in [0.2, 0.25) is 5.02 Å². The van der Waals surface area contributed by atoms with Crippen LogP contribution in [0.25, 0.3) is 0 Å². The highest BCUT2D eigenvalue weighted by atomic mass is 35.5. The number of halogens is 1. The number of nitrogens with zero attached hydrogens (tertiary/aromatic N) is 2. The molecule has 27 heavy (non-hydrogen) atoms. The Bertz CT molecular complexity index is 1010. The van der Waals surface area contributed by atoms with E-state index >= 15 is 0 Å². The fourth-order valence-electron chi connectivity index (χ4n) is 2.56. The van der Waals surface area contributed by atoms with Crippen molar-refractivity contribution in [2.45, 2.75) is 20.8 Å². The van der Waals surface area contributed by atoms with Crippen LogP contribution in [-0.4, -0.2) is 22.0 Å². The van der Waals surface area contributed by atoms with E-state index in [1.54, 1.807) is 19.1 Å². The molecule has 0 saturated carbocycles. The van der Waals surface area contributed by atoms with Gasteiger partial charge in [0.25, 0.3) is 11.8 Å². The van der Waals surface area contributed by atoms with E-state index in [1.807, 2.05) is 19.9 Å². The first-order valence-electron chi connectivity index (χ1n) is 8.12. The summed E-state index contributed by atoms with van der Waals surface area (Å²) >= 11 is 6.23. The first kappa shape index (κ1) is 18.6. The van der Waals surface area contributed by atoms with Gasteiger partial charge >= 0.3 is 0 Å². The Morgan fingerprint density at radius 1 is 1.04 bits per heavy atom. The first-order chi connectivity index (χ1) is 12.8. The minimum atomic E-state index is -0.498. The molecule has 3 rings (SSSR count). The average molecular weight is 385 g/mol. The van der Waals surface area contributed by atoms with Gasteiger partial charge in [0, 0.05) is 17.8 Å². The number of pyridine rings is 1. The molecule has 0 aliphatic carbocycles. The molecule has 138 valence electrons. The second kappa shape index (κ2) is 7.59. The highest BCUT2D eigenvalue weighted by molar-refractivity contribution is 6.34. The Kier molecular flexibility index (Phi) is 5.23. The van der Waals surface area contributed by atoms with Crippen LogP contribution in [-0.2, 0) is 0 Å². The molecule has 2 amide bonds. The summed E-state index contributed by atoms with van der Waals surface area (Å²) in [5.41, 5.74) is 2.74. The maximum Gasteiger partial charge on any atom is 0.275 e. The molecule has 7 nitrogen and oxygen atoms in total. The van der Waals surface area contributed by atoms with E-state index in [2.05, 4.69) is 20.8 Å². The third-order valence-corrected chi connectivity index (χ3v) is 4.09. The van der Waals surface area contributed by atoms with Crippen LogP contribution in [0.15, 0.2) is 41.1 Å². The number of nitrogens with one attached hydrogen (secondary N) is 2. The van der Waals surface area contributed by atoms with E-state index < -0.39 is 11.8 Å². The molecule has 0 spiro atoms. The monoisotopic (exact) mass is 384 g/mol. The lowest BCUT2D eigenvalue weighted by atomic mass is 10.1. The molecule has 0 radical (unpaired) electrons. The van der Waals surface area contributed by atoms with Gasteiger partial charge in [0.05, 0.1) is 10.7 Å². The van der Waals surface area contributed by atoms with Crippen LogP contribution >= 0.6 is 11.6 Å². The first-order valence-corrected chi connectivity index (χ1v) is 8.50. The number of benzene rings is 1. The molecule has 2 N–H and O–H groups in total. The summed E-state index contributed by atoms with van der Waals surface area (Å²) in [5, 5.41) is 9.49. The quantitative estimate of drug-likeness (QED) is 0.704. The fourth-order valence-corrected chi connectivity index (χ4v) is 2.93. The van der Waals surface area contributed by atoms with Gasteiger partial charge in [0.1, 0.15) is 11.5 Å². The van der Waals surface area contributed by atoms with Gasteiger partial charge in [-0.3, -0.25) is 14.6 Å². The third-order valence-electron chi connectivity index (χ3n) is 3.79. The number of hydrogen-bond donors (Lipinski definition) is 2. The average Bonchev–Trinajstić information content (AvgIpc) is 3.02. The standard InChI is InChI=1S/C19H17ClN4O3/c1-10-6-11(2)17(14(20)7-10)23-18(25)13-4-5-21-15(9-13)19(26)22-16-8-12(3)27-24-16/h4-9H,1-3H3,(H,23,25)(H,22,24,26). The number of aryl methyl sites for hydroxylation is 3. The topological polar surface area (TPSA) is 97.1 Å². The molecular formula is C19H17ClN4O3. The summed E-state index contributed by atoms with van der Waals surface area (Å²) in [6.45, 7) is 5.50. The second-order valence-corrected chi connectivity index (χ2v) is 6.51. The number of anilines is 2. The van der Waals surface area contributed by atoms with Gasteiger partial charge in [-0.25, -0.2) is 0 Å². The van der Waals surface area contributed by atoms with E-state index in [9.17, 15) is 9.59 Å². The normalized spacial score (nSPS) is 10.5. The third kappa shape index (κ3) is 4.32. The molecule has 0 bridgehead atoms. The molecule has 0 aliphatic rings. The van der Waals surface area contributed by atoms with Crippen molar-refractivity contribution in [3.8, 4) is 0 Å². The molecule has 2 heterocycles. The molecule has 0 saturated heterocycles. The Morgan fingerprint density at radius 2 is 1.81 bits per heavy atom. The van der Waals surface area contributed by atoms with Gasteiger partial charge in [-0.05, 0) is 50.1 Å². The van der Waals surface area contributed by atoms with Crippen LogP contribution in [0, 0.1) is 20.8 Å². The molecule has 1 aromatic carbocycles. The molecule has 2 aromatic heterocycles. The summed E-state index contributed by atoms with van der Waals surface area (Å²) in [4.78, 5) is 28.9. The Hall–Kier alpha value is -3.19. The number of rotatable bonds is 4. The summed E-state index contributed by atoms with van der Waals surface area (Å²) < 4.78 is 4.90. The van der Waals surface area contributed by atoms with E-state index in [0.29, 0.717) is 16.5 Å². The van der Waals surface area contributed by atoms with Crippen molar-refractivity contribution in [2.24, 2.45) is 0 Å². The summed E-state index contributed by atoms with van der Waals surface area (Å²) in [5.74, 6) is -0.0481. The molecular weight excluding hydrogens is 368 g/mol. The zero-order valence-electron chi connectivity index (χ0n) is 15.0. The van der Waals surface area contributed by atoms with Gasteiger partial charge in [-0.1, -0.05) is 22.8 Å². The SMILES string of the molecule is Cc1cc(C)c(NC(=O)c2ccnc(C(=O)Nc3cc(C)on3)c2)c(Cl)c1. The molecule has 0 atom stereocenters. The molecule has 0 fully saturated rings. The van der Waals surface area contributed by atoms with Crippen molar-refractivity contribution in [2.75, 3.05) is 10.6 Å². The molecule has 8 heteroatoms. The van der Waals surface area contributed by atoms with Crippen LogP contribution in [0.3, 0.4) is 0 Å². The van der Waals surface area contributed by atoms with E-state index in [4.69, 9.17) is 16.1 Å². The minimum Gasteiger partial charge on any atom is -0.360 e. The van der Waals surface area contributed by atoms with Crippen LogP contribution in [0.4, 0.5) is 11.5 Å². The maximum absolute atomic E-state index is 12.6. The summed E-state index contributed by atoms with van der Waals surface area (Å²) in [6.07, 6.45) is 1.39. The van der Waals surface area contributed by atoms with Gasteiger partial charge in [-0.15, -0.1) is 0 Å². The maximum atomic E-state index is 12.6. The highest BCUT2D eigenvalue weighted by Gasteiger charge is 2.15. The van der Waals surface area contributed by atoms with Crippen molar-refractivity contribution in [3.63, 3.8) is 0 Å². The predicted molar refractivity (Wildman–Crippen MR) is 102 cm³/mol. The predicted octanol–water partition coefficient (Wildman–Crippen LogP) is 4.15. The van der Waals surface area contributed by atoms with Crippen molar-refractivity contribution >= 4 is 34.9 Å². The second-order valence-electron chi connectivity index (χ2n) is 6.10. The number of hydrogen-bond acceptors (Lipinski definition) is 5. The largest absolute Gasteiger partial charge is 0.360 e. The summed E-state index contributed by atoms with van der Waals surface area (Å²) in [6, 6.07) is 8.19. The van der Waals surface area contributed by atoms with E-state index in [0.717, 1.165) is 11.1 Å². The van der Waals surface area contributed by atoms with Gasteiger partial charge in [-0.2, -0.15) is 0 Å². The van der Waals surface area contributed by atoms with E-state index in [1.165, 1.54) is 18.3 Å². The van der Waals surface area contributed by atoms with Crippen molar-refractivity contribution in [1.82, 2.24) is 10.1 Å². The van der Waals surface area contributed by atoms with Crippen molar-refractivity contribution in [3.05, 3.63) is 69.7 Å². The Labute approximate surface area is 160 Å². The zero-order chi connectivity index (χ0) is 19.6. The molecule has 0 unspecified atom stereocenters. The number of aromatic nitrogens is 2. The van der Waals surface area contributed by atoms with Crippen molar-refractivity contribution < 1.29 is 14.1 Å². The lowest BCUT2D eigenvalue weighted by molar-refractivity contribution is 0.102. The summed E-state index contributed by atoms with van der Waals surface area (Å²) in [7, 11) is 0. The number of carbonyl (C=O) groups is 2. The smallest absolute Gasteiger partial charge is 0.275 e. The fraction of sp³-hybridized carbons (Fsp3) is 0.158. The number of carbonyl (C=O) groups excluding carboxylic acids is 2. The molecule has 0 aliphatic heterocycles. The lowest BCUT2D eigenvalue weighted by Crippen LogP contribution is -2.17. The van der Waals surface area contributed by atoms with Crippen LogP contribution in [0.5, 0.6) is 0 Å². The van der Waals surface area contributed by atoms with Crippen LogP contribution in [0.1, 0.15) is 37.7 Å². The highest BCUT2D eigenvalue weighted by Crippen LogP contribution is 2.27. The van der Waals surface area contributed by atoms with Crippen LogP contribution < -0.4 is 10.6 Å². The zero-order valence-corrected chi connectivity index (χ0v) is 15.7. The van der Waals surface area contributed by atoms with E-state index in [-0.39, 0.29) is 17.1 Å². The lowest BCUT2D eigenvalue weighted by Gasteiger charge is -2.12. The Balaban J connectivity index is 1.78.